The minimum absolute atomic E-state index is 0.563. The minimum atomic E-state index is 0.563. The van der Waals surface area contributed by atoms with Gasteiger partial charge in [0.25, 0.3) is 0 Å². The molecule has 0 bridgehead atoms. The Bertz CT molecular complexity index is 1010. The number of halogens is 1. The molecule has 2 heterocycles. The van der Waals surface area contributed by atoms with Crippen molar-refractivity contribution in [2.45, 2.75) is 25.3 Å². The summed E-state index contributed by atoms with van der Waals surface area (Å²) < 4.78 is 7.51. The van der Waals surface area contributed by atoms with Crippen LogP contribution in [0.2, 0.25) is 5.02 Å². The maximum Gasteiger partial charge on any atom is 0.189 e. The third-order valence-electron chi connectivity index (χ3n) is 5.37. The van der Waals surface area contributed by atoms with E-state index in [1.165, 1.54) is 10.9 Å². The number of nitrogens with one attached hydrogen (secondary N) is 1. The molecule has 1 fully saturated rings. The summed E-state index contributed by atoms with van der Waals surface area (Å²) in [5.41, 5.74) is 4.29. The van der Waals surface area contributed by atoms with Gasteiger partial charge >= 0.3 is 0 Å². The van der Waals surface area contributed by atoms with Crippen LogP contribution < -0.4 is 10.1 Å². The second-order valence-corrected chi connectivity index (χ2v) is 7.43. The first-order valence-electron chi connectivity index (χ1n) is 9.23. The zero-order valence-corrected chi connectivity index (χ0v) is 16.1. The largest absolute Gasteiger partial charge is 0.495 e. The molecule has 27 heavy (non-hydrogen) atoms. The minimum Gasteiger partial charge on any atom is -0.495 e. The van der Waals surface area contributed by atoms with E-state index in [0.29, 0.717) is 28.9 Å². The van der Waals surface area contributed by atoms with E-state index in [9.17, 15) is 0 Å². The van der Waals surface area contributed by atoms with E-state index in [0.717, 1.165) is 37.0 Å². The number of aromatic nitrogens is 1. The lowest BCUT2D eigenvalue weighted by Crippen LogP contribution is -2.26. The maximum atomic E-state index is 7.36. The van der Waals surface area contributed by atoms with E-state index < -0.39 is 0 Å². The Morgan fingerprint density at radius 2 is 2.04 bits per heavy atom. The number of hydrogen-bond donors (Lipinski definition) is 1. The Hall–Kier alpha value is -2.48. The third-order valence-corrected chi connectivity index (χ3v) is 5.67. The first-order valence-corrected chi connectivity index (χ1v) is 9.61. The number of nitrogens with zero attached hydrogens (tertiary/aromatic N) is 2. The predicted molar refractivity (Wildman–Crippen MR) is 110 cm³/mol. The summed E-state index contributed by atoms with van der Waals surface area (Å²) in [6.07, 6.45) is 4.57. The molecule has 0 spiro atoms. The molecule has 1 N–H and O–H groups in total. The summed E-state index contributed by atoms with van der Waals surface area (Å²) >= 11 is 6.31. The lowest BCUT2D eigenvalue weighted by molar-refractivity contribution is 0.415. The molecule has 1 saturated heterocycles. The van der Waals surface area contributed by atoms with E-state index in [4.69, 9.17) is 22.9 Å². The molecule has 0 radical (unpaired) electrons. The van der Waals surface area contributed by atoms with Crippen molar-refractivity contribution in [3.05, 3.63) is 70.2 Å². The molecule has 0 unspecified atom stereocenters. The number of hydrogen-bond acceptors (Lipinski definition) is 2. The molecular weight excluding hydrogens is 358 g/mol. The monoisotopic (exact) mass is 379 g/mol. The van der Waals surface area contributed by atoms with Crippen LogP contribution in [0.25, 0.3) is 15.7 Å². The molecule has 4 rings (SSSR count). The van der Waals surface area contributed by atoms with E-state index in [-0.39, 0.29) is 0 Å². The van der Waals surface area contributed by atoms with Gasteiger partial charge in [-0.05, 0) is 61.2 Å². The lowest BCUT2D eigenvalue weighted by atomic mass is 9.90. The highest BCUT2D eigenvalue weighted by molar-refractivity contribution is 6.32. The SMILES string of the molecule is [C-]#[N+]c1ccc2c(C3CCNCC3)cn(Cc3ccc(OC)c(Cl)c3)c2c1. The van der Waals surface area contributed by atoms with Crippen molar-refractivity contribution in [2.24, 2.45) is 0 Å². The van der Waals surface area contributed by atoms with Crippen LogP contribution >= 0.6 is 11.6 Å². The Morgan fingerprint density at radius 3 is 2.74 bits per heavy atom. The van der Waals surface area contributed by atoms with Gasteiger partial charge in [-0.1, -0.05) is 29.8 Å². The average Bonchev–Trinajstić information content (AvgIpc) is 3.06. The highest BCUT2D eigenvalue weighted by Gasteiger charge is 2.20. The topological polar surface area (TPSA) is 30.6 Å². The Labute approximate surface area is 164 Å². The zero-order valence-electron chi connectivity index (χ0n) is 15.3. The number of ether oxygens (including phenoxy) is 1. The number of fused-ring (bicyclic) bond motifs is 1. The predicted octanol–water partition coefficient (Wildman–Crippen LogP) is 5.37. The molecule has 0 amide bonds. The van der Waals surface area contributed by atoms with Crippen molar-refractivity contribution in [2.75, 3.05) is 20.2 Å². The van der Waals surface area contributed by atoms with Crippen LogP contribution in [0.3, 0.4) is 0 Å². The van der Waals surface area contributed by atoms with Gasteiger partial charge < -0.3 is 14.6 Å². The summed E-state index contributed by atoms with van der Waals surface area (Å²) in [5.74, 6) is 1.25. The Kier molecular flexibility index (Phi) is 5.07. The number of methoxy groups -OCH3 is 1. The van der Waals surface area contributed by atoms with Crippen molar-refractivity contribution >= 4 is 28.2 Å². The molecule has 1 aromatic heterocycles. The molecule has 1 aliphatic rings. The van der Waals surface area contributed by atoms with E-state index in [1.807, 2.05) is 30.3 Å². The fraction of sp³-hybridized carbons (Fsp3) is 0.318. The van der Waals surface area contributed by atoms with Crippen molar-refractivity contribution in [3.63, 3.8) is 0 Å². The van der Waals surface area contributed by atoms with E-state index in [2.05, 4.69) is 27.0 Å². The number of benzene rings is 2. The van der Waals surface area contributed by atoms with Crippen LogP contribution in [0.15, 0.2) is 42.6 Å². The van der Waals surface area contributed by atoms with Gasteiger partial charge in [-0.25, -0.2) is 4.85 Å². The molecule has 2 aromatic carbocycles. The molecule has 0 atom stereocenters. The molecule has 1 aliphatic heterocycles. The van der Waals surface area contributed by atoms with Gasteiger partial charge in [0.15, 0.2) is 5.69 Å². The standard InChI is InChI=1S/C22H22ClN3O/c1-24-17-4-5-18-19(16-7-9-25-10-8-16)14-26(21(18)12-17)13-15-3-6-22(27-2)20(23)11-15/h3-6,11-12,14,16,25H,7-10,13H2,2H3. The van der Waals surface area contributed by atoms with Gasteiger partial charge in [0.1, 0.15) is 5.75 Å². The van der Waals surface area contributed by atoms with Gasteiger partial charge in [-0.2, -0.15) is 0 Å². The van der Waals surface area contributed by atoms with Gasteiger partial charge in [-0.15, -0.1) is 0 Å². The van der Waals surface area contributed by atoms with Crippen LogP contribution in [-0.2, 0) is 6.54 Å². The summed E-state index contributed by atoms with van der Waals surface area (Å²) in [6.45, 7) is 10.2. The molecule has 4 nitrogen and oxygen atoms in total. The Morgan fingerprint density at radius 1 is 1.22 bits per heavy atom. The van der Waals surface area contributed by atoms with Gasteiger partial charge in [-0.3, -0.25) is 0 Å². The summed E-state index contributed by atoms with van der Waals surface area (Å²) in [6, 6.07) is 11.9. The van der Waals surface area contributed by atoms with Crippen LogP contribution in [-0.4, -0.2) is 24.8 Å². The first-order chi connectivity index (χ1) is 13.2. The van der Waals surface area contributed by atoms with Crippen LogP contribution in [0.4, 0.5) is 5.69 Å². The lowest BCUT2D eigenvalue weighted by Gasteiger charge is -2.22. The average molecular weight is 380 g/mol. The fourth-order valence-corrected chi connectivity index (χ4v) is 4.25. The second-order valence-electron chi connectivity index (χ2n) is 7.02. The van der Waals surface area contributed by atoms with Crippen molar-refractivity contribution < 1.29 is 4.74 Å². The molecule has 3 aromatic rings. The zero-order chi connectivity index (χ0) is 18.8. The smallest absolute Gasteiger partial charge is 0.189 e. The Balaban J connectivity index is 1.76. The van der Waals surface area contributed by atoms with Crippen LogP contribution in [0.5, 0.6) is 5.75 Å². The van der Waals surface area contributed by atoms with Crippen LogP contribution in [0, 0.1) is 6.57 Å². The number of rotatable bonds is 4. The van der Waals surface area contributed by atoms with Crippen molar-refractivity contribution in [1.82, 2.24) is 9.88 Å². The molecule has 138 valence electrons. The van der Waals surface area contributed by atoms with Crippen molar-refractivity contribution in [3.8, 4) is 5.75 Å². The van der Waals surface area contributed by atoms with Crippen molar-refractivity contribution in [1.29, 1.82) is 0 Å². The third kappa shape index (κ3) is 3.53. The van der Waals surface area contributed by atoms with Crippen LogP contribution in [0.1, 0.15) is 29.9 Å². The van der Waals surface area contributed by atoms with Gasteiger partial charge in [0, 0.05) is 23.6 Å². The van der Waals surface area contributed by atoms with E-state index >= 15 is 0 Å². The maximum absolute atomic E-state index is 7.36. The summed E-state index contributed by atoms with van der Waals surface area (Å²) in [4.78, 5) is 3.62. The molecule has 0 saturated carbocycles. The molecule has 0 aliphatic carbocycles. The van der Waals surface area contributed by atoms with E-state index in [1.54, 1.807) is 7.11 Å². The van der Waals surface area contributed by atoms with Gasteiger partial charge in [0.05, 0.1) is 18.7 Å². The fourth-order valence-electron chi connectivity index (χ4n) is 3.97. The second kappa shape index (κ2) is 7.64. The normalized spacial score (nSPS) is 15.0. The molecular formula is C22H22ClN3O. The number of piperidine rings is 1. The highest BCUT2D eigenvalue weighted by Crippen LogP contribution is 2.35. The summed E-state index contributed by atoms with van der Waals surface area (Å²) in [5, 5.41) is 5.32. The highest BCUT2D eigenvalue weighted by atomic mass is 35.5. The first kappa shape index (κ1) is 17.9. The van der Waals surface area contributed by atoms with Gasteiger partial charge in [0.2, 0.25) is 0 Å². The quantitative estimate of drug-likeness (QED) is 0.618. The molecule has 5 heteroatoms. The summed E-state index contributed by atoms with van der Waals surface area (Å²) in [7, 11) is 1.62.